The highest BCUT2D eigenvalue weighted by atomic mass is 32.2. The molecular weight excluding hydrogens is 396 g/mol. The van der Waals surface area contributed by atoms with E-state index in [1.54, 1.807) is 28.6 Å². The minimum absolute atomic E-state index is 0.0188. The Morgan fingerprint density at radius 1 is 1.03 bits per heavy atom. The number of hydrogen-bond acceptors (Lipinski definition) is 3. The Hall–Kier alpha value is -2.18. The Kier molecular flexibility index (Phi) is 7.32. The van der Waals surface area contributed by atoms with E-state index in [9.17, 15) is 13.2 Å². The lowest BCUT2D eigenvalue weighted by Gasteiger charge is -2.25. The Morgan fingerprint density at radius 3 is 2.30 bits per heavy atom. The van der Waals surface area contributed by atoms with E-state index in [0.717, 1.165) is 31.2 Å². The molecule has 1 N–H and O–H groups in total. The third-order valence-corrected chi connectivity index (χ3v) is 7.64. The van der Waals surface area contributed by atoms with Gasteiger partial charge in [-0.25, -0.2) is 12.7 Å². The van der Waals surface area contributed by atoms with Gasteiger partial charge in [0.15, 0.2) is 0 Å². The summed E-state index contributed by atoms with van der Waals surface area (Å²) in [5.74, 6) is -0.165. The summed E-state index contributed by atoms with van der Waals surface area (Å²) >= 11 is 0. The maximum Gasteiger partial charge on any atom is 0.251 e. The molecule has 5 nitrogen and oxygen atoms in total. The minimum atomic E-state index is -3.30. The van der Waals surface area contributed by atoms with Gasteiger partial charge in [-0.3, -0.25) is 4.79 Å². The standard InChI is InChI=1S/C24H32N2O3S/c1-4-23(22-13-8-18(2)16-19(22)3)25-24(27)21-11-9-20(10-12-21)17-30(28,29)26-14-6-5-7-15-26/h8-13,16,23H,4-7,14-15,17H2,1-3H3,(H,25,27). The Balaban J connectivity index is 1.67. The molecule has 1 saturated heterocycles. The van der Waals surface area contributed by atoms with Crippen LogP contribution < -0.4 is 5.32 Å². The van der Waals surface area contributed by atoms with E-state index < -0.39 is 10.0 Å². The second-order valence-corrected chi connectivity index (χ2v) is 10.2. The van der Waals surface area contributed by atoms with Crippen molar-refractivity contribution in [3.63, 3.8) is 0 Å². The number of hydrogen-bond donors (Lipinski definition) is 1. The molecule has 0 aromatic heterocycles. The second-order valence-electron chi connectivity index (χ2n) is 8.21. The van der Waals surface area contributed by atoms with Gasteiger partial charge in [-0.1, -0.05) is 49.2 Å². The number of aryl methyl sites for hydroxylation is 2. The minimum Gasteiger partial charge on any atom is -0.345 e. The molecule has 3 rings (SSSR count). The Labute approximate surface area is 180 Å². The quantitative estimate of drug-likeness (QED) is 0.706. The molecule has 6 heteroatoms. The largest absolute Gasteiger partial charge is 0.345 e. The van der Waals surface area contributed by atoms with Crippen LogP contribution >= 0.6 is 0 Å². The van der Waals surface area contributed by atoms with Gasteiger partial charge < -0.3 is 5.32 Å². The summed E-state index contributed by atoms with van der Waals surface area (Å²) in [6.07, 6.45) is 3.74. The van der Waals surface area contributed by atoms with Crippen LogP contribution in [-0.2, 0) is 15.8 Å². The summed E-state index contributed by atoms with van der Waals surface area (Å²) in [5, 5.41) is 3.11. The van der Waals surface area contributed by atoms with Crippen molar-refractivity contribution < 1.29 is 13.2 Å². The first-order chi connectivity index (χ1) is 14.3. The van der Waals surface area contributed by atoms with E-state index >= 15 is 0 Å². The normalized spacial score (nSPS) is 16.2. The van der Waals surface area contributed by atoms with Gasteiger partial charge in [-0.05, 0) is 61.9 Å². The van der Waals surface area contributed by atoms with Crippen LogP contribution in [0.2, 0.25) is 0 Å². The van der Waals surface area contributed by atoms with Crippen LogP contribution in [0.25, 0.3) is 0 Å². The fourth-order valence-electron chi connectivity index (χ4n) is 4.06. The highest BCUT2D eigenvalue weighted by molar-refractivity contribution is 7.88. The first-order valence-corrected chi connectivity index (χ1v) is 12.4. The van der Waals surface area contributed by atoms with Crippen LogP contribution in [0, 0.1) is 13.8 Å². The van der Waals surface area contributed by atoms with Gasteiger partial charge in [0.25, 0.3) is 5.91 Å². The van der Waals surface area contributed by atoms with Crippen molar-refractivity contribution in [2.75, 3.05) is 13.1 Å². The first-order valence-electron chi connectivity index (χ1n) is 10.7. The van der Waals surface area contributed by atoms with Crippen molar-refractivity contribution in [1.29, 1.82) is 0 Å². The SMILES string of the molecule is CCC(NC(=O)c1ccc(CS(=O)(=O)N2CCCCC2)cc1)c1ccc(C)cc1C. The van der Waals surface area contributed by atoms with Crippen LogP contribution in [0.5, 0.6) is 0 Å². The molecule has 1 aliphatic heterocycles. The third kappa shape index (κ3) is 5.49. The van der Waals surface area contributed by atoms with Crippen molar-refractivity contribution >= 4 is 15.9 Å². The summed E-state index contributed by atoms with van der Waals surface area (Å²) in [4.78, 5) is 12.8. The van der Waals surface area contributed by atoms with Crippen LogP contribution in [0.4, 0.5) is 0 Å². The zero-order valence-electron chi connectivity index (χ0n) is 18.1. The Bertz CT molecular complexity index is 978. The maximum atomic E-state index is 12.8. The fourth-order valence-corrected chi connectivity index (χ4v) is 5.67. The summed E-state index contributed by atoms with van der Waals surface area (Å²) in [6.45, 7) is 7.40. The molecule has 1 heterocycles. The number of sulfonamides is 1. The van der Waals surface area contributed by atoms with E-state index in [0.29, 0.717) is 24.2 Å². The molecule has 162 valence electrons. The molecule has 1 unspecified atom stereocenters. The first kappa shape index (κ1) is 22.5. The maximum absolute atomic E-state index is 12.8. The van der Waals surface area contributed by atoms with Crippen molar-refractivity contribution in [3.8, 4) is 0 Å². The molecule has 0 saturated carbocycles. The summed E-state index contributed by atoms with van der Waals surface area (Å²) in [5.41, 5.74) is 4.74. The van der Waals surface area contributed by atoms with Crippen LogP contribution in [0.1, 0.15) is 71.3 Å². The molecule has 1 aliphatic rings. The monoisotopic (exact) mass is 428 g/mol. The topological polar surface area (TPSA) is 66.5 Å². The van der Waals surface area contributed by atoms with E-state index in [1.165, 1.54) is 11.1 Å². The molecular formula is C24H32N2O3S. The van der Waals surface area contributed by atoms with Gasteiger partial charge in [-0.15, -0.1) is 0 Å². The molecule has 0 aliphatic carbocycles. The van der Waals surface area contributed by atoms with E-state index in [-0.39, 0.29) is 17.7 Å². The van der Waals surface area contributed by atoms with Gasteiger partial charge in [-0.2, -0.15) is 0 Å². The van der Waals surface area contributed by atoms with Crippen LogP contribution in [0.15, 0.2) is 42.5 Å². The van der Waals surface area contributed by atoms with Crippen molar-refractivity contribution in [1.82, 2.24) is 9.62 Å². The van der Waals surface area contributed by atoms with Crippen molar-refractivity contribution in [2.45, 2.75) is 58.2 Å². The van der Waals surface area contributed by atoms with E-state index in [2.05, 4.69) is 44.3 Å². The lowest BCUT2D eigenvalue weighted by molar-refractivity contribution is 0.0935. The zero-order valence-corrected chi connectivity index (χ0v) is 19.0. The molecule has 1 amide bonds. The predicted octanol–water partition coefficient (Wildman–Crippen LogP) is 4.50. The highest BCUT2D eigenvalue weighted by Crippen LogP contribution is 2.23. The highest BCUT2D eigenvalue weighted by Gasteiger charge is 2.24. The summed E-state index contributed by atoms with van der Waals surface area (Å²) in [7, 11) is -3.30. The summed E-state index contributed by atoms with van der Waals surface area (Å²) in [6, 6.07) is 13.1. The number of carbonyl (C=O) groups excluding carboxylic acids is 1. The number of carbonyl (C=O) groups is 1. The van der Waals surface area contributed by atoms with E-state index in [1.807, 2.05) is 0 Å². The molecule has 2 aromatic carbocycles. The van der Waals surface area contributed by atoms with E-state index in [4.69, 9.17) is 0 Å². The van der Waals surface area contributed by atoms with Crippen LogP contribution in [0.3, 0.4) is 0 Å². The zero-order chi connectivity index (χ0) is 21.7. The number of piperidine rings is 1. The molecule has 30 heavy (non-hydrogen) atoms. The number of rotatable bonds is 7. The predicted molar refractivity (Wildman–Crippen MR) is 121 cm³/mol. The fraction of sp³-hybridized carbons (Fsp3) is 0.458. The van der Waals surface area contributed by atoms with Gasteiger partial charge in [0.2, 0.25) is 10.0 Å². The van der Waals surface area contributed by atoms with Crippen molar-refractivity contribution in [3.05, 3.63) is 70.3 Å². The molecule has 1 atom stereocenters. The average molecular weight is 429 g/mol. The lowest BCUT2D eigenvalue weighted by Crippen LogP contribution is -2.36. The molecule has 1 fully saturated rings. The molecule has 0 bridgehead atoms. The van der Waals surface area contributed by atoms with Gasteiger partial charge in [0, 0.05) is 18.7 Å². The number of amides is 1. The summed E-state index contributed by atoms with van der Waals surface area (Å²) < 4.78 is 26.8. The number of nitrogens with one attached hydrogen (secondary N) is 1. The second kappa shape index (κ2) is 9.75. The van der Waals surface area contributed by atoms with Gasteiger partial charge in [0.05, 0.1) is 11.8 Å². The molecule has 2 aromatic rings. The Morgan fingerprint density at radius 2 is 1.70 bits per heavy atom. The lowest BCUT2D eigenvalue weighted by atomic mass is 9.97. The molecule has 0 spiro atoms. The van der Waals surface area contributed by atoms with Gasteiger partial charge in [0.1, 0.15) is 0 Å². The van der Waals surface area contributed by atoms with Gasteiger partial charge >= 0.3 is 0 Å². The smallest absolute Gasteiger partial charge is 0.251 e. The van der Waals surface area contributed by atoms with Crippen LogP contribution in [-0.4, -0.2) is 31.7 Å². The third-order valence-electron chi connectivity index (χ3n) is 5.79. The average Bonchev–Trinajstić information content (AvgIpc) is 2.73. The molecule has 0 radical (unpaired) electrons. The number of nitrogens with zero attached hydrogens (tertiary/aromatic N) is 1. The number of benzene rings is 2. The van der Waals surface area contributed by atoms with Crippen molar-refractivity contribution in [2.24, 2.45) is 0 Å².